The van der Waals surface area contributed by atoms with Gasteiger partial charge in [0.05, 0.1) is 33.0 Å². The molecule has 5 heteroatoms. The lowest BCUT2D eigenvalue weighted by Crippen LogP contribution is -2.11. The number of hydrogen-bond acceptors (Lipinski definition) is 5. The first kappa shape index (κ1) is 20.0. The molecule has 0 fully saturated rings. The van der Waals surface area contributed by atoms with Crippen molar-refractivity contribution in [2.75, 3.05) is 52.0 Å². The van der Waals surface area contributed by atoms with Crippen molar-refractivity contribution in [3.8, 4) is 5.75 Å². The highest BCUT2D eigenvalue weighted by Gasteiger charge is 1.95. The maximum Gasteiger partial charge on any atom is 0.119 e. The number of ether oxygens (including phenoxy) is 3. The molecule has 0 saturated carbocycles. The van der Waals surface area contributed by atoms with Crippen molar-refractivity contribution in [1.29, 1.82) is 0 Å². The van der Waals surface area contributed by atoms with Crippen molar-refractivity contribution >= 4 is 17.8 Å². The monoisotopic (exact) mass is 357 g/mol. The smallest absolute Gasteiger partial charge is 0.119 e. The van der Waals surface area contributed by atoms with Gasteiger partial charge in [-0.25, -0.2) is 0 Å². The Morgan fingerprint density at radius 2 is 1.31 bits per heavy atom. The molecule has 2 aromatic carbocycles. The zero-order valence-electron chi connectivity index (χ0n) is 15.2. The summed E-state index contributed by atoms with van der Waals surface area (Å²) in [6.07, 6.45) is 4.16. The molecule has 0 aliphatic rings. The lowest BCUT2D eigenvalue weighted by Gasteiger charge is -2.07. The van der Waals surface area contributed by atoms with Crippen LogP contribution >= 0.6 is 0 Å². The lowest BCUT2D eigenvalue weighted by molar-refractivity contribution is 0.0247. The Balaban J connectivity index is 1.68. The van der Waals surface area contributed by atoms with Crippen LogP contribution in [0.5, 0.6) is 5.75 Å². The first-order valence-electron chi connectivity index (χ1n) is 8.77. The van der Waals surface area contributed by atoms with Crippen molar-refractivity contribution in [2.24, 2.45) is 0 Å². The van der Waals surface area contributed by atoms with Crippen molar-refractivity contribution in [3.05, 3.63) is 59.7 Å². The number of hydrogen-bond donors (Lipinski definition) is 2. The second kappa shape index (κ2) is 12.1. The van der Waals surface area contributed by atoms with Crippen LogP contribution in [-0.4, -0.2) is 51.8 Å². The second-order valence-corrected chi connectivity index (χ2v) is 5.57. The molecule has 5 nitrogen and oxygen atoms in total. The molecule has 2 aromatic rings. The normalized spacial score (nSPS) is 11.0. The van der Waals surface area contributed by atoms with Crippen LogP contribution in [0.1, 0.15) is 11.1 Å². The number of aliphatic hydroxyl groups excluding tert-OH is 1. The van der Waals surface area contributed by atoms with Gasteiger partial charge in [0.15, 0.2) is 0 Å². The van der Waals surface area contributed by atoms with Crippen molar-refractivity contribution in [2.45, 2.75) is 0 Å². The number of nitrogens with one attached hydrogen (secondary N) is 1. The lowest BCUT2D eigenvalue weighted by atomic mass is 10.1. The average Bonchev–Trinajstić information content (AvgIpc) is 2.69. The van der Waals surface area contributed by atoms with Gasteiger partial charge in [0.25, 0.3) is 0 Å². The molecule has 140 valence electrons. The summed E-state index contributed by atoms with van der Waals surface area (Å²) in [5.74, 6) is 0.820. The molecule has 2 N–H and O–H groups in total. The van der Waals surface area contributed by atoms with Gasteiger partial charge in [-0.05, 0) is 35.4 Å². The zero-order valence-corrected chi connectivity index (χ0v) is 15.2. The summed E-state index contributed by atoms with van der Waals surface area (Å²) in [7, 11) is 1.91. The van der Waals surface area contributed by atoms with Crippen molar-refractivity contribution in [3.63, 3.8) is 0 Å². The predicted molar refractivity (Wildman–Crippen MR) is 106 cm³/mol. The third-order valence-electron chi connectivity index (χ3n) is 3.65. The SMILES string of the molecule is CNc1ccc(/C=C/c2ccc(OCCOCCOCCO)cc2)cc1. The van der Waals surface area contributed by atoms with E-state index in [2.05, 4.69) is 41.7 Å². The highest BCUT2D eigenvalue weighted by atomic mass is 16.5. The van der Waals surface area contributed by atoms with Crippen LogP contribution in [0.3, 0.4) is 0 Å². The fraction of sp³-hybridized carbons (Fsp3) is 0.333. The average molecular weight is 357 g/mol. The molecule has 0 aliphatic heterocycles. The van der Waals surface area contributed by atoms with Crippen LogP contribution < -0.4 is 10.1 Å². The van der Waals surface area contributed by atoms with Crippen LogP contribution in [0, 0.1) is 0 Å². The van der Waals surface area contributed by atoms with Gasteiger partial charge in [-0.1, -0.05) is 36.4 Å². The van der Waals surface area contributed by atoms with Gasteiger partial charge < -0.3 is 24.6 Å². The van der Waals surface area contributed by atoms with Gasteiger partial charge >= 0.3 is 0 Å². The molecule has 0 unspecified atom stereocenters. The summed E-state index contributed by atoms with van der Waals surface area (Å²) in [4.78, 5) is 0. The Bertz CT molecular complexity index is 638. The molecule has 0 amide bonds. The summed E-state index contributed by atoms with van der Waals surface area (Å²) in [6.45, 7) is 2.38. The van der Waals surface area contributed by atoms with Crippen LogP contribution in [0.15, 0.2) is 48.5 Å². The molecule has 2 rings (SSSR count). The highest BCUT2D eigenvalue weighted by Crippen LogP contribution is 2.15. The standard InChI is InChI=1S/C21H27NO4/c1-22-20-8-4-18(5-9-20)2-3-19-6-10-21(11-7-19)26-17-16-25-15-14-24-13-12-23/h2-11,22-23H,12-17H2,1H3/b3-2+. The zero-order chi connectivity index (χ0) is 18.5. The van der Waals surface area contributed by atoms with E-state index in [9.17, 15) is 0 Å². The Morgan fingerprint density at radius 3 is 1.88 bits per heavy atom. The molecule has 0 bridgehead atoms. The van der Waals surface area contributed by atoms with Crippen LogP contribution in [0.4, 0.5) is 5.69 Å². The summed E-state index contributed by atoms with van der Waals surface area (Å²) < 4.78 is 16.1. The molecule has 0 radical (unpaired) electrons. The third-order valence-corrected chi connectivity index (χ3v) is 3.65. The quantitative estimate of drug-likeness (QED) is 0.451. The molecule has 0 aromatic heterocycles. The van der Waals surface area contributed by atoms with E-state index in [1.165, 1.54) is 0 Å². The molecule has 0 atom stereocenters. The van der Waals surface area contributed by atoms with Gasteiger partial charge in [0.1, 0.15) is 12.4 Å². The maximum absolute atomic E-state index is 8.57. The van der Waals surface area contributed by atoms with E-state index >= 15 is 0 Å². The van der Waals surface area contributed by atoms with E-state index in [1.54, 1.807) is 0 Å². The van der Waals surface area contributed by atoms with Crippen molar-refractivity contribution < 1.29 is 19.3 Å². The fourth-order valence-corrected chi connectivity index (χ4v) is 2.23. The Kier molecular flexibility index (Phi) is 9.29. The Hall–Kier alpha value is -2.34. The Morgan fingerprint density at radius 1 is 0.769 bits per heavy atom. The van der Waals surface area contributed by atoms with Crippen LogP contribution in [-0.2, 0) is 9.47 Å². The van der Waals surface area contributed by atoms with E-state index in [-0.39, 0.29) is 6.61 Å². The minimum absolute atomic E-state index is 0.0386. The topological polar surface area (TPSA) is 60.0 Å². The number of aliphatic hydroxyl groups is 1. The summed E-state index contributed by atoms with van der Waals surface area (Å²) in [6, 6.07) is 16.2. The van der Waals surface area contributed by atoms with Gasteiger partial charge in [-0.15, -0.1) is 0 Å². The number of benzene rings is 2. The molecule has 0 aliphatic carbocycles. The minimum Gasteiger partial charge on any atom is -0.491 e. The highest BCUT2D eigenvalue weighted by molar-refractivity contribution is 5.70. The van der Waals surface area contributed by atoms with Gasteiger partial charge in [0, 0.05) is 12.7 Å². The molecule has 0 heterocycles. The second-order valence-electron chi connectivity index (χ2n) is 5.57. The van der Waals surface area contributed by atoms with E-state index in [4.69, 9.17) is 19.3 Å². The first-order valence-corrected chi connectivity index (χ1v) is 8.77. The predicted octanol–water partition coefficient (Wildman–Crippen LogP) is 3.30. The molecule has 26 heavy (non-hydrogen) atoms. The largest absolute Gasteiger partial charge is 0.491 e. The summed E-state index contributed by atoms with van der Waals surface area (Å²) >= 11 is 0. The molecular weight excluding hydrogens is 330 g/mol. The van der Waals surface area contributed by atoms with E-state index < -0.39 is 0 Å². The van der Waals surface area contributed by atoms with E-state index in [1.807, 2.05) is 31.3 Å². The fourth-order valence-electron chi connectivity index (χ4n) is 2.23. The molecular formula is C21H27NO4. The Labute approximate surface area is 155 Å². The van der Waals surface area contributed by atoms with E-state index in [0.717, 1.165) is 22.6 Å². The van der Waals surface area contributed by atoms with Crippen LogP contribution in [0.25, 0.3) is 12.2 Å². The number of anilines is 1. The van der Waals surface area contributed by atoms with Gasteiger partial charge in [0.2, 0.25) is 0 Å². The number of rotatable bonds is 12. The first-order chi connectivity index (χ1) is 12.8. The third kappa shape index (κ3) is 7.70. The van der Waals surface area contributed by atoms with Gasteiger partial charge in [-0.3, -0.25) is 0 Å². The summed E-state index contributed by atoms with van der Waals surface area (Å²) in [5, 5.41) is 11.7. The summed E-state index contributed by atoms with van der Waals surface area (Å²) in [5.41, 5.74) is 3.38. The minimum atomic E-state index is 0.0386. The van der Waals surface area contributed by atoms with Crippen molar-refractivity contribution in [1.82, 2.24) is 0 Å². The van der Waals surface area contributed by atoms with E-state index in [0.29, 0.717) is 33.0 Å². The maximum atomic E-state index is 8.57. The van der Waals surface area contributed by atoms with Gasteiger partial charge in [-0.2, -0.15) is 0 Å². The molecule has 0 spiro atoms. The molecule has 0 saturated heterocycles. The van der Waals surface area contributed by atoms with Crippen LogP contribution in [0.2, 0.25) is 0 Å².